The Morgan fingerprint density at radius 2 is 1.90 bits per heavy atom. The summed E-state index contributed by atoms with van der Waals surface area (Å²) in [6.45, 7) is 3.92. The smallest absolute Gasteiger partial charge is 0.163 e. The third-order valence-corrected chi connectivity index (χ3v) is 4.43. The first-order valence-corrected chi connectivity index (χ1v) is 7.87. The highest BCUT2D eigenvalue weighted by atomic mass is 16.5. The third kappa shape index (κ3) is 3.21. The number of aryl methyl sites for hydroxylation is 1. The summed E-state index contributed by atoms with van der Waals surface area (Å²) in [4.78, 5) is 14.3. The van der Waals surface area contributed by atoms with Gasteiger partial charge in [0.2, 0.25) is 0 Å². The van der Waals surface area contributed by atoms with Crippen LogP contribution in [0.1, 0.15) is 41.6 Å². The Kier molecular flexibility index (Phi) is 4.44. The average Bonchev–Trinajstić information content (AvgIpc) is 2.88. The van der Waals surface area contributed by atoms with Gasteiger partial charge in [-0.05, 0) is 50.0 Å². The molecule has 0 unspecified atom stereocenters. The number of piperidine rings is 1. The minimum Gasteiger partial charge on any atom is -0.493 e. The second-order valence-electron chi connectivity index (χ2n) is 5.83. The second-order valence-corrected chi connectivity index (χ2v) is 5.83. The van der Waals surface area contributed by atoms with E-state index in [1.54, 1.807) is 7.11 Å². The van der Waals surface area contributed by atoms with Gasteiger partial charge in [-0.25, -0.2) is 0 Å². The fourth-order valence-electron chi connectivity index (χ4n) is 3.19. The molecule has 1 aromatic rings. The first kappa shape index (κ1) is 14.4. The van der Waals surface area contributed by atoms with Crippen LogP contribution in [0.4, 0.5) is 0 Å². The van der Waals surface area contributed by atoms with Crippen LogP contribution in [0.3, 0.4) is 0 Å². The van der Waals surface area contributed by atoms with Crippen LogP contribution in [0.15, 0.2) is 12.1 Å². The van der Waals surface area contributed by atoms with Crippen molar-refractivity contribution in [2.45, 2.75) is 32.1 Å². The number of rotatable bonds is 5. The van der Waals surface area contributed by atoms with Crippen molar-refractivity contribution in [3.8, 4) is 11.5 Å². The van der Waals surface area contributed by atoms with Crippen molar-refractivity contribution in [1.82, 2.24) is 4.90 Å². The van der Waals surface area contributed by atoms with Gasteiger partial charge in [-0.15, -0.1) is 0 Å². The zero-order chi connectivity index (χ0) is 14.7. The number of likely N-dealkylation sites (tertiary alicyclic amines) is 1. The summed E-state index contributed by atoms with van der Waals surface area (Å²) in [5, 5.41) is 0. The van der Waals surface area contributed by atoms with Crippen molar-refractivity contribution in [1.29, 1.82) is 0 Å². The maximum atomic E-state index is 11.8. The molecule has 0 saturated carbocycles. The molecule has 1 aliphatic heterocycles. The predicted molar refractivity (Wildman–Crippen MR) is 81.4 cm³/mol. The molecule has 2 aliphatic rings. The summed E-state index contributed by atoms with van der Waals surface area (Å²) in [5.41, 5.74) is 1.89. The van der Waals surface area contributed by atoms with Crippen LogP contribution < -0.4 is 9.47 Å². The van der Waals surface area contributed by atoms with Crippen LogP contribution in [0.25, 0.3) is 0 Å². The standard InChI is InChI=1S/C17H23NO3/c1-20-16-11-13-5-6-15(19)14(13)12-17(16)21-10-9-18-7-3-2-4-8-18/h11-12H,2-10H2,1H3. The Morgan fingerprint density at radius 1 is 1.10 bits per heavy atom. The molecular formula is C17H23NO3. The summed E-state index contributed by atoms with van der Waals surface area (Å²) in [5.74, 6) is 1.65. The van der Waals surface area contributed by atoms with E-state index in [1.807, 2.05) is 12.1 Å². The quantitative estimate of drug-likeness (QED) is 0.835. The van der Waals surface area contributed by atoms with Crippen molar-refractivity contribution in [2.75, 3.05) is 33.4 Å². The first-order chi connectivity index (χ1) is 10.3. The Balaban J connectivity index is 1.64. The van der Waals surface area contributed by atoms with Crippen molar-refractivity contribution >= 4 is 5.78 Å². The molecule has 1 aromatic carbocycles. The van der Waals surface area contributed by atoms with E-state index in [4.69, 9.17) is 9.47 Å². The van der Waals surface area contributed by atoms with Gasteiger partial charge >= 0.3 is 0 Å². The number of benzene rings is 1. The number of ether oxygens (including phenoxy) is 2. The number of Topliss-reactive ketones (excluding diaryl/α,β-unsaturated/α-hetero) is 1. The SMILES string of the molecule is COc1cc2c(cc1OCCN1CCCCC1)C(=O)CC2. The number of carbonyl (C=O) groups is 1. The highest BCUT2D eigenvalue weighted by Gasteiger charge is 2.22. The van der Waals surface area contributed by atoms with Crippen molar-refractivity contribution < 1.29 is 14.3 Å². The number of ketones is 1. The number of methoxy groups -OCH3 is 1. The van der Waals surface area contributed by atoms with Gasteiger partial charge in [0.25, 0.3) is 0 Å². The van der Waals surface area contributed by atoms with Gasteiger partial charge in [0.05, 0.1) is 7.11 Å². The second kappa shape index (κ2) is 6.48. The summed E-state index contributed by atoms with van der Waals surface area (Å²) in [6.07, 6.45) is 5.35. The number of nitrogens with zero attached hydrogens (tertiary/aromatic N) is 1. The van der Waals surface area contributed by atoms with E-state index in [0.717, 1.165) is 29.8 Å². The summed E-state index contributed by atoms with van der Waals surface area (Å²) in [6, 6.07) is 3.82. The van der Waals surface area contributed by atoms with Crippen LogP contribution in [0.5, 0.6) is 11.5 Å². The molecule has 1 saturated heterocycles. The minimum absolute atomic E-state index is 0.216. The van der Waals surface area contributed by atoms with E-state index in [0.29, 0.717) is 18.8 Å². The molecule has 3 rings (SSSR count). The lowest BCUT2D eigenvalue weighted by molar-refractivity contribution is 0.0994. The Hall–Kier alpha value is -1.55. The van der Waals surface area contributed by atoms with Crippen LogP contribution in [0, 0.1) is 0 Å². The molecule has 0 bridgehead atoms. The van der Waals surface area contributed by atoms with Crippen molar-refractivity contribution in [3.05, 3.63) is 23.3 Å². The highest BCUT2D eigenvalue weighted by Crippen LogP contribution is 2.34. The lowest BCUT2D eigenvalue weighted by Crippen LogP contribution is -2.33. The molecule has 1 heterocycles. The molecular weight excluding hydrogens is 266 g/mol. The average molecular weight is 289 g/mol. The maximum Gasteiger partial charge on any atom is 0.163 e. The molecule has 4 heteroatoms. The lowest BCUT2D eigenvalue weighted by Gasteiger charge is -2.26. The molecule has 0 radical (unpaired) electrons. The van der Waals surface area contributed by atoms with Crippen LogP contribution in [0.2, 0.25) is 0 Å². The number of hydrogen-bond acceptors (Lipinski definition) is 4. The molecule has 1 fully saturated rings. The van der Waals surface area contributed by atoms with Gasteiger partial charge in [0.1, 0.15) is 6.61 Å². The molecule has 0 N–H and O–H groups in total. The first-order valence-electron chi connectivity index (χ1n) is 7.87. The van der Waals surface area contributed by atoms with E-state index < -0.39 is 0 Å². The van der Waals surface area contributed by atoms with Gasteiger partial charge in [0.15, 0.2) is 17.3 Å². The molecule has 0 spiro atoms. The molecule has 0 atom stereocenters. The molecule has 21 heavy (non-hydrogen) atoms. The number of fused-ring (bicyclic) bond motifs is 1. The number of carbonyl (C=O) groups excluding carboxylic acids is 1. The fourth-order valence-corrected chi connectivity index (χ4v) is 3.19. The Morgan fingerprint density at radius 3 is 2.67 bits per heavy atom. The lowest BCUT2D eigenvalue weighted by atomic mass is 10.1. The summed E-state index contributed by atoms with van der Waals surface area (Å²) < 4.78 is 11.3. The van der Waals surface area contributed by atoms with E-state index in [9.17, 15) is 4.79 Å². The van der Waals surface area contributed by atoms with E-state index in [-0.39, 0.29) is 5.78 Å². The molecule has 1 aliphatic carbocycles. The van der Waals surface area contributed by atoms with Gasteiger partial charge in [-0.3, -0.25) is 9.69 Å². The van der Waals surface area contributed by atoms with E-state index in [1.165, 1.54) is 32.4 Å². The number of hydrogen-bond donors (Lipinski definition) is 0. The maximum absolute atomic E-state index is 11.8. The zero-order valence-electron chi connectivity index (χ0n) is 12.7. The zero-order valence-corrected chi connectivity index (χ0v) is 12.7. The van der Waals surface area contributed by atoms with E-state index in [2.05, 4.69) is 4.90 Å². The Labute approximate surface area is 126 Å². The largest absolute Gasteiger partial charge is 0.493 e. The van der Waals surface area contributed by atoms with Gasteiger partial charge < -0.3 is 9.47 Å². The van der Waals surface area contributed by atoms with Gasteiger partial charge in [-0.1, -0.05) is 6.42 Å². The van der Waals surface area contributed by atoms with Crippen molar-refractivity contribution in [3.63, 3.8) is 0 Å². The molecule has 0 aromatic heterocycles. The summed E-state index contributed by atoms with van der Waals surface area (Å²) in [7, 11) is 1.65. The predicted octanol–water partition coefficient (Wildman–Crippen LogP) is 2.69. The molecule has 114 valence electrons. The Bertz CT molecular complexity index is 521. The minimum atomic E-state index is 0.216. The van der Waals surface area contributed by atoms with E-state index >= 15 is 0 Å². The van der Waals surface area contributed by atoms with Gasteiger partial charge in [-0.2, -0.15) is 0 Å². The fraction of sp³-hybridized carbons (Fsp3) is 0.588. The molecule has 4 nitrogen and oxygen atoms in total. The molecule has 0 amide bonds. The van der Waals surface area contributed by atoms with Crippen LogP contribution >= 0.6 is 0 Å². The van der Waals surface area contributed by atoms with Crippen LogP contribution in [-0.2, 0) is 6.42 Å². The van der Waals surface area contributed by atoms with Crippen molar-refractivity contribution in [2.24, 2.45) is 0 Å². The topological polar surface area (TPSA) is 38.8 Å². The highest BCUT2D eigenvalue weighted by molar-refractivity contribution is 6.01. The third-order valence-electron chi connectivity index (χ3n) is 4.43. The van der Waals surface area contributed by atoms with Gasteiger partial charge in [0, 0.05) is 18.5 Å². The normalized spacial score (nSPS) is 18.6. The van der Waals surface area contributed by atoms with Crippen LogP contribution in [-0.4, -0.2) is 44.0 Å². The monoisotopic (exact) mass is 289 g/mol. The summed E-state index contributed by atoms with van der Waals surface area (Å²) >= 11 is 0.